The van der Waals surface area contributed by atoms with Gasteiger partial charge in [0.05, 0.1) is 12.1 Å². The standard InChI is InChI=1S/C18H18FN3O3/c19-14-5-4-12(17-20-6-2-7-21-17)16-13(14)9-11(25-16)10-22-18(23)15-3-1-8-24-15/h2,4-7,11,15H,1,3,8-10H2,(H,22,23). The first-order valence-electron chi connectivity index (χ1n) is 8.37. The monoisotopic (exact) mass is 343 g/mol. The number of nitrogens with one attached hydrogen (secondary N) is 1. The van der Waals surface area contributed by atoms with E-state index in [2.05, 4.69) is 15.3 Å². The highest BCUT2D eigenvalue weighted by Gasteiger charge is 2.31. The highest BCUT2D eigenvalue weighted by molar-refractivity contribution is 5.81. The third kappa shape index (κ3) is 3.19. The zero-order valence-electron chi connectivity index (χ0n) is 13.6. The molecule has 130 valence electrons. The molecule has 2 unspecified atom stereocenters. The molecule has 2 atom stereocenters. The van der Waals surface area contributed by atoms with Gasteiger partial charge in [0.2, 0.25) is 5.91 Å². The molecule has 7 heteroatoms. The van der Waals surface area contributed by atoms with Crippen molar-refractivity contribution in [1.29, 1.82) is 0 Å². The molecule has 2 aromatic rings. The van der Waals surface area contributed by atoms with Gasteiger partial charge in [-0.15, -0.1) is 0 Å². The maximum atomic E-state index is 14.2. The summed E-state index contributed by atoms with van der Waals surface area (Å²) in [5, 5.41) is 2.84. The van der Waals surface area contributed by atoms with Gasteiger partial charge in [0.25, 0.3) is 0 Å². The van der Waals surface area contributed by atoms with Crippen LogP contribution in [0.4, 0.5) is 4.39 Å². The van der Waals surface area contributed by atoms with Crippen LogP contribution in [0.2, 0.25) is 0 Å². The number of rotatable bonds is 4. The number of carbonyl (C=O) groups is 1. The largest absolute Gasteiger partial charge is 0.487 e. The van der Waals surface area contributed by atoms with Crippen molar-refractivity contribution in [2.75, 3.05) is 13.2 Å². The number of benzene rings is 1. The summed E-state index contributed by atoms with van der Waals surface area (Å²) in [6.45, 7) is 0.928. The molecule has 1 amide bonds. The minimum atomic E-state index is -0.381. The van der Waals surface area contributed by atoms with E-state index in [4.69, 9.17) is 9.47 Å². The van der Waals surface area contributed by atoms with Gasteiger partial charge in [-0.1, -0.05) is 0 Å². The molecule has 25 heavy (non-hydrogen) atoms. The number of halogens is 1. The van der Waals surface area contributed by atoms with Crippen LogP contribution < -0.4 is 10.1 Å². The van der Waals surface area contributed by atoms with Crippen molar-refractivity contribution in [2.45, 2.75) is 31.5 Å². The maximum absolute atomic E-state index is 14.2. The summed E-state index contributed by atoms with van der Waals surface area (Å²) in [5.41, 5.74) is 1.16. The summed E-state index contributed by atoms with van der Waals surface area (Å²) in [6.07, 6.45) is 4.59. The van der Waals surface area contributed by atoms with Gasteiger partial charge in [-0.25, -0.2) is 14.4 Å². The van der Waals surface area contributed by atoms with Crippen LogP contribution in [0.3, 0.4) is 0 Å². The molecule has 1 saturated heterocycles. The first-order valence-corrected chi connectivity index (χ1v) is 8.37. The lowest BCUT2D eigenvalue weighted by atomic mass is 10.0. The molecule has 0 saturated carbocycles. The fourth-order valence-corrected chi connectivity index (χ4v) is 3.21. The van der Waals surface area contributed by atoms with Gasteiger partial charge in [-0.2, -0.15) is 0 Å². The second-order valence-electron chi connectivity index (χ2n) is 6.17. The smallest absolute Gasteiger partial charge is 0.249 e. The third-order valence-corrected chi connectivity index (χ3v) is 4.45. The summed E-state index contributed by atoms with van der Waals surface area (Å²) in [7, 11) is 0. The van der Waals surface area contributed by atoms with Gasteiger partial charge in [0.15, 0.2) is 5.82 Å². The second-order valence-corrected chi connectivity index (χ2v) is 6.17. The zero-order chi connectivity index (χ0) is 17.2. The Kier molecular flexibility index (Phi) is 4.31. The number of ether oxygens (including phenoxy) is 2. The summed E-state index contributed by atoms with van der Waals surface area (Å²) in [6, 6.07) is 4.75. The average Bonchev–Trinajstić information content (AvgIpc) is 3.31. The number of amides is 1. The third-order valence-electron chi connectivity index (χ3n) is 4.45. The number of hydrogen-bond donors (Lipinski definition) is 1. The predicted octanol–water partition coefficient (Wildman–Crippen LogP) is 1.88. The van der Waals surface area contributed by atoms with E-state index in [1.54, 1.807) is 24.5 Å². The molecule has 3 heterocycles. The molecule has 0 aliphatic carbocycles. The normalized spacial score (nSPS) is 21.6. The first kappa shape index (κ1) is 16.0. The number of aromatic nitrogens is 2. The van der Waals surface area contributed by atoms with Crippen molar-refractivity contribution in [3.63, 3.8) is 0 Å². The number of nitrogens with zero attached hydrogens (tertiary/aromatic N) is 2. The van der Waals surface area contributed by atoms with Crippen molar-refractivity contribution < 1.29 is 18.7 Å². The minimum Gasteiger partial charge on any atom is -0.487 e. The lowest BCUT2D eigenvalue weighted by molar-refractivity contribution is -0.130. The van der Waals surface area contributed by atoms with Crippen LogP contribution in [0.15, 0.2) is 30.6 Å². The average molecular weight is 343 g/mol. The topological polar surface area (TPSA) is 73.3 Å². The van der Waals surface area contributed by atoms with Gasteiger partial charge in [-0.05, 0) is 31.0 Å². The fraction of sp³-hybridized carbons (Fsp3) is 0.389. The van der Waals surface area contributed by atoms with Crippen LogP contribution in [-0.4, -0.2) is 41.2 Å². The molecule has 1 aromatic heterocycles. The summed E-state index contributed by atoms with van der Waals surface area (Å²) >= 11 is 0. The van der Waals surface area contributed by atoms with E-state index in [-0.39, 0.29) is 23.9 Å². The molecule has 2 aliphatic heterocycles. The van der Waals surface area contributed by atoms with Gasteiger partial charge >= 0.3 is 0 Å². The van der Waals surface area contributed by atoms with Crippen molar-refractivity contribution in [3.05, 3.63) is 42.0 Å². The van der Waals surface area contributed by atoms with Gasteiger partial charge in [0.1, 0.15) is 23.8 Å². The molecule has 1 N–H and O–H groups in total. The van der Waals surface area contributed by atoms with E-state index in [1.807, 2.05) is 0 Å². The van der Waals surface area contributed by atoms with Crippen molar-refractivity contribution in [2.24, 2.45) is 0 Å². The Morgan fingerprint density at radius 3 is 2.92 bits per heavy atom. The van der Waals surface area contributed by atoms with Gasteiger partial charge in [-0.3, -0.25) is 4.79 Å². The predicted molar refractivity (Wildman–Crippen MR) is 87.5 cm³/mol. The Balaban J connectivity index is 1.48. The first-order chi connectivity index (χ1) is 12.2. The SMILES string of the molecule is O=C(NCC1Cc2c(F)ccc(-c3ncccn3)c2O1)C1CCCO1. The van der Waals surface area contributed by atoms with Crippen LogP contribution in [-0.2, 0) is 16.0 Å². The zero-order valence-corrected chi connectivity index (χ0v) is 13.6. The molecule has 4 rings (SSSR count). The Morgan fingerprint density at radius 1 is 1.32 bits per heavy atom. The second kappa shape index (κ2) is 6.76. The Hall–Kier alpha value is -2.54. The molecule has 0 bridgehead atoms. The lowest BCUT2D eigenvalue weighted by Gasteiger charge is -2.15. The number of fused-ring (bicyclic) bond motifs is 1. The van der Waals surface area contributed by atoms with Crippen LogP contribution >= 0.6 is 0 Å². The summed E-state index contributed by atoms with van der Waals surface area (Å²) in [5.74, 6) is 0.497. The minimum absolute atomic E-state index is 0.135. The summed E-state index contributed by atoms with van der Waals surface area (Å²) < 4.78 is 25.4. The number of hydrogen-bond acceptors (Lipinski definition) is 5. The molecule has 0 spiro atoms. The van der Waals surface area contributed by atoms with Gasteiger partial charge in [0, 0.05) is 31.0 Å². The van der Waals surface area contributed by atoms with Crippen LogP contribution in [0.5, 0.6) is 5.75 Å². The van der Waals surface area contributed by atoms with E-state index in [9.17, 15) is 9.18 Å². The summed E-state index contributed by atoms with van der Waals surface area (Å²) in [4.78, 5) is 20.5. The van der Waals surface area contributed by atoms with Crippen molar-refractivity contribution in [1.82, 2.24) is 15.3 Å². The van der Waals surface area contributed by atoms with E-state index in [1.165, 1.54) is 6.07 Å². The van der Waals surface area contributed by atoms with Crippen LogP contribution in [0, 0.1) is 5.82 Å². The highest BCUT2D eigenvalue weighted by Crippen LogP contribution is 2.38. The molecule has 0 radical (unpaired) electrons. The van der Waals surface area contributed by atoms with E-state index in [0.717, 1.165) is 12.8 Å². The molecule has 2 aliphatic rings. The quantitative estimate of drug-likeness (QED) is 0.918. The fourth-order valence-electron chi connectivity index (χ4n) is 3.21. The van der Waals surface area contributed by atoms with E-state index < -0.39 is 0 Å². The van der Waals surface area contributed by atoms with Gasteiger partial charge < -0.3 is 14.8 Å². The Morgan fingerprint density at radius 2 is 2.16 bits per heavy atom. The Bertz CT molecular complexity index is 779. The molecular weight excluding hydrogens is 325 g/mol. The maximum Gasteiger partial charge on any atom is 0.249 e. The lowest BCUT2D eigenvalue weighted by Crippen LogP contribution is -2.40. The van der Waals surface area contributed by atoms with E-state index in [0.29, 0.717) is 42.3 Å². The van der Waals surface area contributed by atoms with E-state index >= 15 is 0 Å². The molecule has 1 fully saturated rings. The van der Waals surface area contributed by atoms with Crippen LogP contribution in [0.1, 0.15) is 18.4 Å². The Labute approximate surface area is 144 Å². The van der Waals surface area contributed by atoms with Crippen molar-refractivity contribution >= 4 is 5.91 Å². The highest BCUT2D eigenvalue weighted by atomic mass is 19.1. The molecule has 6 nitrogen and oxygen atoms in total. The number of carbonyl (C=O) groups excluding carboxylic acids is 1. The molecular formula is C18H18FN3O3. The van der Waals surface area contributed by atoms with Crippen molar-refractivity contribution in [3.8, 4) is 17.1 Å². The molecule has 1 aromatic carbocycles. The van der Waals surface area contributed by atoms with Crippen LogP contribution in [0.25, 0.3) is 11.4 Å².